The van der Waals surface area contributed by atoms with Gasteiger partial charge in [-0.05, 0) is 61.6 Å². The number of nitrogens with one attached hydrogen (secondary N) is 5. The Morgan fingerprint density at radius 1 is 0.894 bits per heavy atom. The number of ether oxygens (including phenoxy) is 1. The SMILES string of the molecule is C=CN1C(=O)C(=C)NC(=O)[C@H](CC(C)C)NC(=O)[C@@H](NC(=O)[C@H](CCC(N)=O)NC(=O)C(C)CC)C(C)OC(=O)[C@H](C(C)CC)NC(=O)C(Cc2ccc(O)cc2)N(C)C(=O)C1C(C)CC. The number of hydrogen-bond donors (Lipinski definition) is 7. The number of carbonyl (C=O) groups excluding carboxylic acids is 9. The van der Waals surface area contributed by atoms with Crippen LogP contribution in [0.2, 0.25) is 0 Å². The molecule has 366 valence electrons. The summed E-state index contributed by atoms with van der Waals surface area (Å²) in [6, 6.07) is -2.52. The molecule has 1 aromatic rings. The van der Waals surface area contributed by atoms with Crippen molar-refractivity contribution in [1.82, 2.24) is 36.4 Å². The molecule has 1 aliphatic heterocycles. The second-order valence-corrected chi connectivity index (χ2v) is 17.6. The summed E-state index contributed by atoms with van der Waals surface area (Å²) in [5, 5.41) is 23.0. The normalized spacial score (nSPS) is 23.7. The molecule has 19 nitrogen and oxygen atoms in total. The summed E-state index contributed by atoms with van der Waals surface area (Å²) in [4.78, 5) is 127. The van der Waals surface area contributed by atoms with E-state index in [0.717, 1.165) is 11.1 Å². The van der Waals surface area contributed by atoms with E-state index in [2.05, 4.69) is 39.7 Å². The fourth-order valence-corrected chi connectivity index (χ4v) is 7.16. The van der Waals surface area contributed by atoms with Crippen LogP contribution < -0.4 is 32.3 Å². The Morgan fingerprint density at radius 2 is 1.50 bits per heavy atom. The number of amides is 8. The van der Waals surface area contributed by atoms with Gasteiger partial charge < -0.3 is 52.0 Å². The van der Waals surface area contributed by atoms with Crippen LogP contribution in [0.4, 0.5) is 0 Å². The second-order valence-electron chi connectivity index (χ2n) is 17.6. The molecular formula is C47H72N8O11. The molecule has 0 saturated carbocycles. The number of aromatic hydroxyl groups is 1. The highest BCUT2D eigenvalue weighted by Gasteiger charge is 2.42. The number of primary amides is 1. The molecule has 0 aliphatic carbocycles. The molecule has 0 aromatic heterocycles. The Morgan fingerprint density at radius 3 is 2.03 bits per heavy atom. The fraction of sp³-hybridized carbons (Fsp3) is 0.596. The van der Waals surface area contributed by atoms with Crippen LogP contribution in [0.3, 0.4) is 0 Å². The lowest BCUT2D eigenvalue weighted by molar-refractivity contribution is -0.158. The first-order valence-corrected chi connectivity index (χ1v) is 22.6. The number of cyclic esters (lactones) is 1. The number of benzene rings is 1. The molecule has 8 amide bonds. The van der Waals surface area contributed by atoms with Crippen LogP contribution in [0.5, 0.6) is 5.75 Å². The standard InChI is InChI=1S/C47H72N8O11/c1-13-26(7)37-47(65)66-30(11)38(53-41(59)33(21-22-36(48)57)50-40(58)28(9)15-3)44(62)51-34(23-25(5)6)42(60)49-29(10)45(63)55(16-4)39(27(8)14-2)46(64)54(12)35(43(61)52-37)24-31-17-19-32(56)20-18-31/h16-20,25-28,30,33-35,37-39,56H,4,10,13-15,21-24H2,1-3,5-9,11-12H3,(H2,48,57)(H,49,60)(H,50,58)(H,51,62)(H,52,61)(H,53,59)/t26?,27?,28?,30?,33-,34-,35?,37-,38-,39?/m0/s1. The van der Waals surface area contributed by atoms with Crippen LogP contribution in [-0.2, 0) is 54.3 Å². The highest BCUT2D eigenvalue weighted by molar-refractivity contribution is 6.02. The lowest BCUT2D eigenvalue weighted by Gasteiger charge is -2.38. The van der Waals surface area contributed by atoms with Gasteiger partial charge in [-0.2, -0.15) is 0 Å². The van der Waals surface area contributed by atoms with E-state index in [-0.39, 0.29) is 37.4 Å². The zero-order valence-corrected chi connectivity index (χ0v) is 40.1. The van der Waals surface area contributed by atoms with Crippen molar-refractivity contribution in [3.8, 4) is 5.75 Å². The minimum absolute atomic E-state index is 0.00850. The van der Waals surface area contributed by atoms with Crippen LogP contribution in [0, 0.1) is 23.7 Å². The first kappa shape index (κ1) is 55.9. The van der Waals surface area contributed by atoms with Crippen LogP contribution in [0.15, 0.2) is 49.3 Å². The van der Waals surface area contributed by atoms with Gasteiger partial charge in [-0.1, -0.05) is 93.5 Å². The number of likely N-dealkylation sites (N-methyl/N-ethyl adjacent to an activating group) is 1. The van der Waals surface area contributed by atoms with Crippen molar-refractivity contribution in [1.29, 1.82) is 0 Å². The molecule has 19 heteroatoms. The van der Waals surface area contributed by atoms with Gasteiger partial charge >= 0.3 is 5.97 Å². The van der Waals surface area contributed by atoms with E-state index >= 15 is 0 Å². The molecule has 0 radical (unpaired) electrons. The number of carbonyl (C=O) groups is 9. The van der Waals surface area contributed by atoms with Crippen molar-refractivity contribution in [3.63, 3.8) is 0 Å². The molecular weight excluding hydrogens is 853 g/mol. The van der Waals surface area contributed by atoms with Gasteiger partial charge in [0, 0.05) is 32.0 Å². The first-order valence-electron chi connectivity index (χ1n) is 22.6. The monoisotopic (exact) mass is 925 g/mol. The first-order chi connectivity index (χ1) is 30.9. The Balaban J connectivity index is 2.90. The van der Waals surface area contributed by atoms with Gasteiger partial charge in [0.1, 0.15) is 48.1 Å². The topological polar surface area (TPSA) is 276 Å². The molecule has 1 heterocycles. The average molecular weight is 925 g/mol. The Hall–Kier alpha value is -6.27. The van der Waals surface area contributed by atoms with E-state index in [1.54, 1.807) is 67.5 Å². The summed E-state index contributed by atoms with van der Waals surface area (Å²) >= 11 is 0. The van der Waals surface area contributed by atoms with Crippen molar-refractivity contribution in [2.24, 2.45) is 29.4 Å². The molecule has 0 bridgehead atoms. The van der Waals surface area contributed by atoms with Crippen LogP contribution >= 0.6 is 0 Å². The molecule has 1 fully saturated rings. The Bertz CT molecular complexity index is 1940. The number of nitrogens with two attached hydrogens (primary N) is 1. The second kappa shape index (κ2) is 26.0. The van der Waals surface area contributed by atoms with Crippen LogP contribution in [0.1, 0.15) is 106 Å². The molecule has 0 spiro atoms. The van der Waals surface area contributed by atoms with E-state index in [1.165, 1.54) is 31.0 Å². The number of nitrogens with zero attached hydrogens (tertiary/aromatic N) is 2. The van der Waals surface area contributed by atoms with Gasteiger partial charge in [-0.25, -0.2) is 4.79 Å². The summed E-state index contributed by atoms with van der Waals surface area (Å²) in [6.45, 7) is 22.8. The van der Waals surface area contributed by atoms with E-state index < -0.39 is 119 Å². The number of hydrogen-bond acceptors (Lipinski definition) is 11. The molecule has 6 unspecified atom stereocenters. The zero-order chi connectivity index (χ0) is 50.2. The summed E-state index contributed by atoms with van der Waals surface area (Å²) < 4.78 is 5.90. The van der Waals surface area contributed by atoms with E-state index in [1.807, 2.05) is 0 Å². The van der Waals surface area contributed by atoms with E-state index in [9.17, 15) is 48.3 Å². The minimum Gasteiger partial charge on any atom is -0.508 e. The van der Waals surface area contributed by atoms with E-state index in [0.29, 0.717) is 24.8 Å². The van der Waals surface area contributed by atoms with Crippen molar-refractivity contribution in [2.75, 3.05) is 7.05 Å². The average Bonchev–Trinajstić information content (AvgIpc) is 3.27. The third kappa shape index (κ3) is 15.7. The summed E-state index contributed by atoms with van der Waals surface area (Å²) in [5.74, 6) is -9.39. The predicted octanol–water partition coefficient (Wildman–Crippen LogP) is 2.07. The molecule has 1 aromatic carbocycles. The molecule has 1 saturated heterocycles. The summed E-state index contributed by atoms with van der Waals surface area (Å²) in [6.07, 6.45) is 0.0961. The van der Waals surface area contributed by atoms with Gasteiger partial charge in [0.15, 0.2) is 0 Å². The van der Waals surface area contributed by atoms with Crippen molar-refractivity contribution >= 4 is 53.2 Å². The summed E-state index contributed by atoms with van der Waals surface area (Å²) in [5.41, 5.74) is 5.45. The van der Waals surface area contributed by atoms with Crippen molar-refractivity contribution < 1.29 is 53.0 Å². The lowest BCUT2D eigenvalue weighted by Crippen LogP contribution is -2.61. The lowest BCUT2D eigenvalue weighted by atomic mass is 9.94. The van der Waals surface area contributed by atoms with Gasteiger partial charge in [0.2, 0.25) is 41.4 Å². The highest BCUT2D eigenvalue weighted by Crippen LogP contribution is 2.23. The maximum Gasteiger partial charge on any atom is 0.329 e. The smallest absolute Gasteiger partial charge is 0.329 e. The molecule has 10 atom stereocenters. The Kier molecular flexibility index (Phi) is 22.0. The summed E-state index contributed by atoms with van der Waals surface area (Å²) in [7, 11) is 1.38. The molecule has 66 heavy (non-hydrogen) atoms. The fourth-order valence-electron chi connectivity index (χ4n) is 7.16. The third-order valence-corrected chi connectivity index (χ3v) is 12.0. The minimum atomic E-state index is -1.75. The van der Waals surface area contributed by atoms with Crippen LogP contribution in [0.25, 0.3) is 0 Å². The van der Waals surface area contributed by atoms with E-state index in [4.69, 9.17) is 10.5 Å². The zero-order valence-electron chi connectivity index (χ0n) is 40.1. The molecule has 8 N–H and O–H groups in total. The Labute approximate surface area is 388 Å². The molecule has 1 aliphatic rings. The largest absolute Gasteiger partial charge is 0.508 e. The number of phenolic OH excluding ortho intramolecular Hbond substituents is 1. The number of esters is 1. The van der Waals surface area contributed by atoms with Gasteiger partial charge in [-0.15, -0.1) is 0 Å². The maximum absolute atomic E-state index is 14.7. The van der Waals surface area contributed by atoms with Crippen LogP contribution in [-0.4, -0.2) is 118 Å². The van der Waals surface area contributed by atoms with Crippen molar-refractivity contribution in [3.05, 3.63) is 54.9 Å². The predicted molar refractivity (Wildman–Crippen MR) is 246 cm³/mol. The third-order valence-electron chi connectivity index (χ3n) is 12.0. The highest BCUT2D eigenvalue weighted by atomic mass is 16.5. The number of rotatable bonds is 17. The van der Waals surface area contributed by atoms with Crippen molar-refractivity contribution in [2.45, 2.75) is 150 Å². The maximum atomic E-state index is 14.7. The quantitative estimate of drug-likeness (QED) is 0.0878. The number of phenols is 1. The van der Waals surface area contributed by atoms with Gasteiger partial charge in [-0.3, -0.25) is 38.4 Å². The van der Waals surface area contributed by atoms with Gasteiger partial charge in [0.25, 0.3) is 5.91 Å². The molecule has 2 rings (SSSR count). The van der Waals surface area contributed by atoms with Gasteiger partial charge in [0.05, 0.1) is 5.70 Å².